The quantitative estimate of drug-likeness (QED) is 0.389. The molecular formula is C17H27BrO. The van der Waals surface area contributed by atoms with Crippen molar-refractivity contribution in [2.45, 2.75) is 58.8 Å². The largest absolute Gasteiger partial charge is 0.493 e. The van der Waals surface area contributed by atoms with Crippen LogP contribution in [0, 0.1) is 13.8 Å². The van der Waals surface area contributed by atoms with Crippen LogP contribution in [-0.2, 0) is 0 Å². The molecule has 0 amide bonds. The molecule has 1 aromatic rings. The van der Waals surface area contributed by atoms with E-state index in [2.05, 4.69) is 48.0 Å². The Hall–Kier alpha value is -0.500. The minimum Gasteiger partial charge on any atom is -0.493 e. The van der Waals surface area contributed by atoms with E-state index in [-0.39, 0.29) is 0 Å². The molecule has 0 radical (unpaired) electrons. The van der Waals surface area contributed by atoms with Crippen molar-refractivity contribution >= 4 is 15.9 Å². The van der Waals surface area contributed by atoms with Crippen molar-refractivity contribution in [3.05, 3.63) is 29.3 Å². The maximum atomic E-state index is 5.86. The van der Waals surface area contributed by atoms with Gasteiger partial charge in [0.05, 0.1) is 6.61 Å². The first-order valence-corrected chi connectivity index (χ1v) is 8.63. The summed E-state index contributed by atoms with van der Waals surface area (Å²) in [5.41, 5.74) is 2.58. The van der Waals surface area contributed by atoms with Crippen LogP contribution >= 0.6 is 15.9 Å². The normalized spacial score (nSPS) is 10.7. The number of rotatable bonds is 10. The Morgan fingerprint density at radius 3 is 2.21 bits per heavy atom. The second kappa shape index (κ2) is 10.3. The molecule has 108 valence electrons. The van der Waals surface area contributed by atoms with Gasteiger partial charge in [0.1, 0.15) is 5.75 Å². The van der Waals surface area contributed by atoms with E-state index in [0.717, 1.165) is 17.7 Å². The lowest BCUT2D eigenvalue weighted by molar-refractivity contribution is 0.302. The van der Waals surface area contributed by atoms with Gasteiger partial charge in [0.15, 0.2) is 0 Å². The lowest BCUT2D eigenvalue weighted by Crippen LogP contribution is -1.99. The number of hydrogen-bond acceptors (Lipinski definition) is 1. The van der Waals surface area contributed by atoms with Gasteiger partial charge in [0.2, 0.25) is 0 Å². The Morgan fingerprint density at radius 1 is 0.895 bits per heavy atom. The third kappa shape index (κ3) is 7.00. The fraction of sp³-hybridized carbons (Fsp3) is 0.647. The van der Waals surface area contributed by atoms with Crippen LogP contribution in [0.4, 0.5) is 0 Å². The fourth-order valence-corrected chi connectivity index (χ4v) is 2.54. The number of aryl methyl sites for hydroxylation is 1. The molecule has 0 heterocycles. The summed E-state index contributed by atoms with van der Waals surface area (Å²) in [4.78, 5) is 0. The van der Waals surface area contributed by atoms with Gasteiger partial charge < -0.3 is 4.74 Å². The average Bonchev–Trinajstić information content (AvgIpc) is 2.41. The van der Waals surface area contributed by atoms with E-state index in [1.807, 2.05) is 0 Å². The Bertz CT molecular complexity index is 349. The summed E-state index contributed by atoms with van der Waals surface area (Å²) in [6.07, 6.45) is 9.24. The van der Waals surface area contributed by atoms with Crippen LogP contribution in [0.3, 0.4) is 0 Å². The molecule has 0 N–H and O–H groups in total. The number of halogens is 1. The van der Waals surface area contributed by atoms with Crippen molar-refractivity contribution in [1.29, 1.82) is 0 Å². The van der Waals surface area contributed by atoms with Gasteiger partial charge in [0, 0.05) is 5.33 Å². The summed E-state index contributed by atoms with van der Waals surface area (Å²) < 4.78 is 5.86. The van der Waals surface area contributed by atoms with Crippen molar-refractivity contribution < 1.29 is 4.74 Å². The maximum absolute atomic E-state index is 5.86. The van der Waals surface area contributed by atoms with Gasteiger partial charge in [-0.15, -0.1) is 0 Å². The highest BCUT2D eigenvalue weighted by Gasteiger charge is 2.01. The fourth-order valence-electron chi connectivity index (χ4n) is 2.14. The van der Waals surface area contributed by atoms with Gasteiger partial charge in [-0.25, -0.2) is 0 Å². The molecule has 0 aliphatic rings. The van der Waals surface area contributed by atoms with Crippen LogP contribution in [-0.4, -0.2) is 11.9 Å². The summed E-state index contributed by atoms with van der Waals surface area (Å²) in [6, 6.07) is 6.28. The van der Waals surface area contributed by atoms with Gasteiger partial charge in [-0.05, 0) is 43.9 Å². The van der Waals surface area contributed by atoms with E-state index in [1.165, 1.54) is 56.1 Å². The molecule has 2 heteroatoms. The van der Waals surface area contributed by atoms with Crippen LogP contribution in [0.25, 0.3) is 0 Å². The highest BCUT2D eigenvalue weighted by Crippen LogP contribution is 2.20. The Balaban J connectivity index is 2.03. The minimum atomic E-state index is 0.853. The molecule has 19 heavy (non-hydrogen) atoms. The van der Waals surface area contributed by atoms with Crippen molar-refractivity contribution in [3.8, 4) is 5.75 Å². The first kappa shape index (κ1) is 16.6. The van der Waals surface area contributed by atoms with Gasteiger partial charge in [-0.1, -0.05) is 60.2 Å². The third-order valence-electron chi connectivity index (χ3n) is 3.59. The average molecular weight is 327 g/mol. The zero-order valence-electron chi connectivity index (χ0n) is 12.4. The van der Waals surface area contributed by atoms with Crippen LogP contribution < -0.4 is 4.74 Å². The molecule has 0 bridgehead atoms. The molecule has 0 saturated carbocycles. The van der Waals surface area contributed by atoms with E-state index in [9.17, 15) is 0 Å². The molecular weight excluding hydrogens is 300 g/mol. The molecule has 0 atom stereocenters. The number of hydrogen-bond donors (Lipinski definition) is 0. The zero-order valence-corrected chi connectivity index (χ0v) is 14.0. The Kier molecular flexibility index (Phi) is 8.98. The summed E-state index contributed by atoms with van der Waals surface area (Å²) in [7, 11) is 0. The first-order valence-electron chi connectivity index (χ1n) is 7.50. The molecule has 0 saturated heterocycles. The predicted molar refractivity (Wildman–Crippen MR) is 87.5 cm³/mol. The summed E-state index contributed by atoms with van der Waals surface area (Å²) >= 11 is 3.47. The predicted octanol–water partition coefficient (Wildman–Crippen LogP) is 5.81. The van der Waals surface area contributed by atoms with Crippen LogP contribution in [0.15, 0.2) is 18.2 Å². The van der Waals surface area contributed by atoms with E-state index < -0.39 is 0 Å². The Labute approximate surface area is 126 Å². The lowest BCUT2D eigenvalue weighted by Gasteiger charge is -2.10. The van der Waals surface area contributed by atoms with E-state index in [0.29, 0.717) is 0 Å². The van der Waals surface area contributed by atoms with Crippen molar-refractivity contribution in [2.75, 3.05) is 11.9 Å². The second-order valence-corrected chi connectivity index (χ2v) is 6.00. The third-order valence-corrected chi connectivity index (χ3v) is 4.15. The second-order valence-electron chi connectivity index (χ2n) is 5.21. The monoisotopic (exact) mass is 326 g/mol. The van der Waals surface area contributed by atoms with Crippen LogP contribution in [0.1, 0.15) is 56.1 Å². The number of ether oxygens (including phenoxy) is 1. The first-order chi connectivity index (χ1) is 9.25. The zero-order chi connectivity index (χ0) is 13.9. The molecule has 0 spiro atoms. The minimum absolute atomic E-state index is 0.853. The maximum Gasteiger partial charge on any atom is 0.122 e. The van der Waals surface area contributed by atoms with Gasteiger partial charge in [-0.3, -0.25) is 0 Å². The summed E-state index contributed by atoms with van der Waals surface area (Å²) in [6.45, 7) is 5.12. The van der Waals surface area contributed by atoms with E-state index in [4.69, 9.17) is 4.74 Å². The number of benzene rings is 1. The van der Waals surface area contributed by atoms with Gasteiger partial charge in [-0.2, -0.15) is 0 Å². The van der Waals surface area contributed by atoms with Gasteiger partial charge in [0.25, 0.3) is 0 Å². The SMILES string of the molecule is Cc1cccc(OCCCCCCCCCBr)c1C. The molecule has 0 aliphatic heterocycles. The van der Waals surface area contributed by atoms with Crippen LogP contribution in [0.2, 0.25) is 0 Å². The van der Waals surface area contributed by atoms with Crippen molar-refractivity contribution in [2.24, 2.45) is 0 Å². The molecule has 0 fully saturated rings. The molecule has 0 aliphatic carbocycles. The number of alkyl halides is 1. The summed E-state index contributed by atoms with van der Waals surface area (Å²) in [5.74, 6) is 1.05. The molecule has 0 unspecified atom stereocenters. The summed E-state index contributed by atoms with van der Waals surface area (Å²) in [5, 5.41) is 1.15. The highest BCUT2D eigenvalue weighted by molar-refractivity contribution is 9.09. The standard InChI is InChI=1S/C17H27BrO/c1-15-11-10-12-17(16(15)2)19-14-9-7-5-3-4-6-8-13-18/h10-12H,3-9,13-14H2,1-2H3. The topological polar surface area (TPSA) is 9.23 Å². The number of unbranched alkanes of at least 4 members (excludes halogenated alkanes) is 6. The molecule has 0 aromatic heterocycles. The van der Waals surface area contributed by atoms with Gasteiger partial charge >= 0.3 is 0 Å². The molecule has 1 rings (SSSR count). The van der Waals surface area contributed by atoms with E-state index in [1.54, 1.807) is 0 Å². The molecule has 1 nitrogen and oxygen atoms in total. The molecule has 1 aromatic carbocycles. The smallest absolute Gasteiger partial charge is 0.122 e. The van der Waals surface area contributed by atoms with Crippen LogP contribution in [0.5, 0.6) is 5.75 Å². The van der Waals surface area contributed by atoms with Crippen molar-refractivity contribution in [1.82, 2.24) is 0 Å². The lowest BCUT2D eigenvalue weighted by atomic mass is 10.1. The van der Waals surface area contributed by atoms with Crippen molar-refractivity contribution in [3.63, 3.8) is 0 Å². The highest BCUT2D eigenvalue weighted by atomic mass is 79.9. The Morgan fingerprint density at radius 2 is 1.53 bits per heavy atom. The van der Waals surface area contributed by atoms with E-state index >= 15 is 0 Å².